The van der Waals surface area contributed by atoms with Crippen molar-refractivity contribution in [1.82, 2.24) is 4.72 Å². The van der Waals surface area contributed by atoms with Crippen LogP contribution in [0, 0.1) is 6.92 Å². The fraction of sp³-hybridized carbons (Fsp3) is 0.273. The average molecular weight is 302 g/mol. The molecular weight excluding hydrogens is 288 g/mol. The number of aromatic carboxylic acids is 1. The van der Waals surface area contributed by atoms with E-state index in [0.717, 1.165) is 0 Å². The number of anilines is 1. The number of carboxylic acids is 1. The third-order valence-corrected chi connectivity index (χ3v) is 3.14. The van der Waals surface area contributed by atoms with Crippen LogP contribution >= 0.6 is 0 Å². The van der Waals surface area contributed by atoms with Crippen LogP contribution in [0.5, 0.6) is 0 Å². The number of hydrogen-bond donors (Lipinski definition) is 3. The van der Waals surface area contributed by atoms with Crippen molar-refractivity contribution >= 4 is 28.0 Å². The molecule has 110 valence electrons. The van der Waals surface area contributed by atoms with E-state index in [4.69, 9.17) is 5.11 Å². The normalized spacial score (nSPS) is 10.7. The Bertz CT molecular complexity index is 626. The molecule has 3 N–H and O–H groups in total. The third kappa shape index (κ3) is 4.43. The van der Waals surface area contributed by atoms with Gasteiger partial charge >= 0.3 is 22.3 Å². The Kier molecular flexibility index (Phi) is 4.92. The third-order valence-electron chi connectivity index (χ3n) is 2.20. The van der Waals surface area contributed by atoms with E-state index in [9.17, 15) is 18.0 Å². The van der Waals surface area contributed by atoms with Crippen molar-refractivity contribution in [3.63, 3.8) is 0 Å². The van der Waals surface area contributed by atoms with Crippen LogP contribution in [0.4, 0.5) is 10.5 Å². The number of benzene rings is 1. The lowest BCUT2D eigenvalue weighted by Crippen LogP contribution is -2.35. The van der Waals surface area contributed by atoms with Gasteiger partial charge in [0.05, 0.1) is 17.9 Å². The van der Waals surface area contributed by atoms with Crippen LogP contribution in [-0.4, -0.2) is 32.2 Å². The van der Waals surface area contributed by atoms with E-state index in [1.54, 1.807) is 4.72 Å². The summed E-state index contributed by atoms with van der Waals surface area (Å²) in [7, 11) is -4.13. The van der Waals surface area contributed by atoms with E-state index in [0.29, 0.717) is 5.56 Å². The summed E-state index contributed by atoms with van der Waals surface area (Å²) in [4.78, 5) is 21.9. The smallest absolute Gasteiger partial charge is 0.422 e. The Hall–Kier alpha value is -2.29. The van der Waals surface area contributed by atoms with Crippen LogP contribution in [0.3, 0.4) is 0 Å². The van der Waals surface area contributed by atoms with Gasteiger partial charge in [-0.2, -0.15) is 8.42 Å². The van der Waals surface area contributed by atoms with Gasteiger partial charge in [0.25, 0.3) is 0 Å². The summed E-state index contributed by atoms with van der Waals surface area (Å²) in [5, 5.41) is 8.85. The number of aryl methyl sites for hydroxylation is 1. The summed E-state index contributed by atoms with van der Waals surface area (Å²) in [6.07, 6.45) is -1.10. The summed E-state index contributed by atoms with van der Waals surface area (Å²) in [5.41, 5.74) is 0.574. The molecule has 1 aromatic rings. The average Bonchev–Trinajstić information content (AvgIpc) is 2.26. The molecule has 0 unspecified atom stereocenters. The molecule has 0 radical (unpaired) electrons. The van der Waals surface area contributed by atoms with Crippen molar-refractivity contribution in [2.45, 2.75) is 13.8 Å². The topological polar surface area (TPSA) is 122 Å². The van der Waals surface area contributed by atoms with Crippen molar-refractivity contribution in [2.75, 3.05) is 11.3 Å². The van der Waals surface area contributed by atoms with Gasteiger partial charge in [-0.15, -0.1) is 0 Å². The second kappa shape index (κ2) is 6.24. The highest BCUT2D eigenvalue weighted by atomic mass is 32.2. The molecular formula is C11H14N2O6S. The van der Waals surface area contributed by atoms with E-state index in [-0.39, 0.29) is 17.9 Å². The molecule has 9 heteroatoms. The fourth-order valence-electron chi connectivity index (χ4n) is 1.42. The zero-order valence-electron chi connectivity index (χ0n) is 10.8. The van der Waals surface area contributed by atoms with Gasteiger partial charge in [-0.3, -0.25) is 4.72 Å². The first-order valence-corrected chi connectivity index (χ1v) is 7.04. The van der Waals surface area contributed by atoms with Crippen LogP contribution in [0.1, 0.15) is 22.8 Å². The molecule has 1 rings (SSSR count). The van der Waals surface area contributed by atoms with E-state index >= 15 is 0 Å². The van der Waals surface area contributed by atoms with Crippen molar-refractivity contribution in [3.8, 4) is 0 Å². The Labute approximate surface area is 115 Å². The molecule has 0 saturated heterocycles. The number of hydrogen-bond acceptors (Lipinski definition) is 5. The first kappa shape index (κ1) is 15.8. The number of nitrogens with one attached hydrogen (secondary N) is 2. The summed E-state index contributed by atoms with van der Waals surface area (Å²) < 4.78 is 31.3. The van der Waals surface area contributed by atoms with E-state index in [1.807, 2.05) is 0 Å². The quantitative estimate of drug-likeness (QED) is 0.748. The fourth-order valence-corrected chi connectivity index (χ4v) is 2.18. The summed E-state index contributed by atoms with van der Waals surface area (Å²) in [6, 6.07) is 3.88. The molecule has 0 aliphatic heterocycles. The van der Waals surface area contributed by atoms with E-state index in [1.165, 1.54) is 32.0 Å². The van der Waals surface area contributed by atoms with Crippen LogP contribution in [0.2, 0.25) is 0 Å². The van der Waals surface area contributed by atoms with Crippen LogP contribution < -0.4 is 9.44 Å². The zero-order valence-corrected chi connectivity index (χ0v) is 11.7. The number of carbonyl (C=O) groups excluding carboxylic acids is 1. The summed E-state index contributed by atoms with van der Waals surface area (Å²) in [5.74, 6) is -1.11. The molecule has 0 heterocycles. The molecule has 0 aromatic heterocycles. The number of carbonyl (C=O) groups is 2. The highest BCUT2D eigenvalue weighted by Crippen LogP contribution is 2.16. The monoisotopic (exact) mass is 302 g/mol. The van der Waals surface area contributed by atoms with Gasteiger partial charge in [-0.1, -0.05) is 0 Å². The lowest BCUT2D eigenvalue weighted by atomic mass is 10.1. The Morgan fingerprint density at radius 2 is 2.00 bits per heavy atom. The summed E-state index contributed by atoms with van der Waals surface area (Å²) >= 11 is 0. The number of ether oxygens (including phenoxy) is 1. The van der Waals surface area contributed by atoms with E-state index in [2.05, 4.69) is 9.46 Å². The molecule has 20 heavy (non-hydrogen) atoms. The van der Waals surface area contributed by atoms with Gasteiger partial charge < -0.3 is 9.84 Å². The largest absolute Gasteiger partial charge is 0.478 e. The second-order valence-corrected chi connectivity index (χ2v) is 5.18. The van der Waals surface area contributed by atoms with E-state index < -0.39 is 22.3 Å². The van der Waals surface area contributed by atoms with Gasteiger partial charge in [0.1, 0.15) is 0 Å². The minimum atomic E-state index is -4.13. The maximum Gasteiger partial charge on any atom is 0.422 e. The minimum Gasteiger partial charge on any atom is -0.478 e. The molecule has 0 saturated carbocycles. The van der Waals surface area contributed by atoms with Crippen molar-refractivity contribution in [3.05, 3.63) is 29.3 Å². The molecule has 0 spiro atoms. The number of rotatable bonds is 5. The highest BCUT2D eigenvalue weighted by Gasteiger charge is 2.16. The van der Waals surface area contributed by atoms with Crippen molar-refractivity contribution in [1.29, 1.82) is 0 Å². The minimum absolute atomic E-state index is 0.0355. The van der Waals surface area contributed by atoms with Crippen LogP contribution in [0.15, 0.2) is 18.2 Å². The van der Waals surface area contributed by atoms with Gasteiger partial charge in [-0.25, -0.2) is 14.3 Å². The predicted molar refractivity (Wildman–Crippen MR) is 70.8 cm³/mol. The Morgan fingerprint density at radius 1 is 1.35 bits per heavy atom. The Balaban J connectivity index is 2.85. The molecule has 1 amide bonds. The first-order chi connectivity index (χ1) is 9.25. The first-order valence-electron chi connectivity index (χ1n) is 5.56. The predicted octanol–water partition coefficient (Wildman–Crippen LogP) is 1.10. The second-order valence-electron chi connectivity index (χ2n) is 3.76. The number of carboxylic acid groups (broad SMARTS) is 1. The van der Waals surface area contributed by atoms with Gasteiger partial charge in [0, 0.05) is 0 Å². The molecule has 0 bridgehead atoms. The standard InChI is InChI=1S/C11H14N2O6S/c1-3-19-11(16)13-20(17,18)12-8-4-5-9(10(14)15)7(2)6-8/h4-6,12H,3H2,1-2H3,(H,13,16)(H,14,15). The van der Waals surface area contributed by atoms with Crippen LogP contribution in [0.25, 0.3) is 0 Å². The number of amides is 1. The van der Waals surface area contributed by atoms with Crippen molar-refractivity contribution < 1.29 is 27.9 Å². The molecule has 0 aliphatic rings. The zero-order chi connectivity index (χ0) is 15.3. The maximum absolute atomic E-state index is 11.6. The van der Waals surface area contributed by atoms with Gasteiger partial charge in [0.2, 0.25) is 0 Å². The lowest BCUT2D eigenvalue weighted by Gasteiger charge is -2.10. The lowest BCUT2D eigenvalue weighted by molar-refractivity contribution is 0.0696. The van der Waals surface area contributed by atoms with Crippen LogP contribution in [-0.2, 0) is 14.9 Å². The van der Waals surface area contributed by atoms with Gasteiger partial charge in [0.15, 0.2) is 0 Å². The summed E-state index contributed by atoms with van der Waals surface area (Å²) in [6.45, 7) is 3.10. The molecule has 1 aromatic carbocycles. The Morgan fingerprint density at radius 3 is 2.50 bits per heavy atom. The highest BCUT2D eigenvalue weighted by molar-refractivity contribution is 7.91. The molecule has 0 fully saturated rings. The SMILES string of the molecule is CCOC(=O)NS(=O)(=O)Nc1ccc(C(=O)O)c(C)c1. The maximum atomic E-state index is 11.6. The molecule has 8 nitrogen and oxygen atoms in total. The van der Waals surface area contributed by atoms with Crippen molar-refractivity contribution in [2.24, 2.45) is 0 Å². The molecule has 0 aliphatic carbocycles. The van der Waals surface area contributed by atoms with Gasteiger partial charge in [-0.05, 0) is 37.6 Å². The molecule has 0 atom stereocenters.